The standard InChI is InChI=1S/C15H32FN2OP/c1-5-17(6-2)20(16,18(7-3)8-4)14-15(19-20)12-10-9-11-13-15/h5-14H2,1-4H3. The van der Waals surface area contributed by atoms with E-state index in [4.69, 9.17) is 4.52 Å². The van der Waals surface area contributed by atoms with Crippen molar-refractivity contribution in [2.75, 3.05) is 32.3 Å². The van der Waals surface area contributed by atoms with Crippen molar-refractivity contribution < 1.29 is 8.72 Å². The van der Waals surface area contributed by atoms with Crippen LogP contribution >= 0.6 is 7.44 Å². The first-order valence-electron chi connectivity index (χ1n) is 8.43. The summed E-state index contributed by atoms with van der Waals surface area (Å²) in [6.07, 6.45) is 6.42. The number of hydrogen-bond donors (Lipinski definition) is 0. The molecule has 0 radical (unpaired) electrons. The average molecular weight is 306 g/mol. The molecule has 0 unspecified atom stereocenters. The zero-order valence-electron chi connectivity index (χ0n) is 13.7. The van der Waals surface area contributed by atoms with Crippen LogP contribution in [0.3, 0.4) is 0 Å². The molecule has 1 aliphatic carbocycles. The minimum atomic E-state index is -3.79. The molecular weight excluding hydrogens is 274 g/mol. The van der Waals surface area contributed by atoms with E-state index in [2.05, 4.69) is 27.7 Å². The Bertz CT molecular complexity index is 315. The van der Waals surface area contributed by atoms with Crippen LogP contribution in [0.25, 0.3) is 0 Å². The molecule has 1 saturated heterocycles. The summed E-state index contributed by atoms with van der Waals surface area (Å²) in [5.41, 5.74) is -0.143. The molecule has 1 saturated carbocycles. The fourth-order valence-corrected chi connectivity index (χ4v) is 9.75. The number of hydrogen-bond acceptors (Lipinski definition) is 3. The second kappa shape index (κ2) is 5.79. The van der Waals surface area contributed by atoms with E-state index in [1.807, 2.05) is 9.34 Å². The van der Waals surface area contributed by atoms with Crippen LogP contribution in [-0.2, 0) is 4.52 Å². The Hall–Kier alpha value is 0.240. The number of halogens is 1. The van der Waals surface area contributed by atoms with Crippen molar-refractivity contribution in [1.82, 2.24) is 9.34 Å². The van der Waals surface area contributed by atoms with Crippen molar-refractivity contribution in [1.29, 1.82) is 0 Å². The normalized spacial score (nSPS) is 29.1. The molecule has 0 aromatic carbocycles. The Morgan fingerprint density at radius 2 is 1.30 bits per heavy atom. The van der Waals surface area contributed by atoms with Gasteiger partial charge in [-0.1, -0.05) is 0 Å². The van der Waals surface area contributed by atoms with E-state index >= 15 is 4.20 Å². The molecule has 1 heterocycles. The van der Waals surface area contributed by atoms with Gasteiger partial charge in [-0.25, -0.2) is 0 Å². The first-order chi connectivity index (χ1) is 9.47. The van der Waals surface area contributed by atoms with Crippen LogP contribution in [0.1, 0.15) is 59.8 Å². The Labute approximate surface area is 124 Å². The van der Waals surface area contributed by atoms with Gasteiger partial charge in [0.05, 0.1) is 0 Å². The Balaban J connectivity index is 2.28. The molecule has 0 aromatic heterocycles. The molecule has 0 aromatic rings. The van der Waals surface area contributed by atoms with Crippen LogP contribution in [0.5, 0.6) is 0 Å². The molecule has 2 aliphatic rings. The van der Waals surface area contributed by atoms with Gasteiger partial charge in [0.2, 0.25) is 0 Å². The third kappa shape index (κ3) is 2.33. The van der Waals surface area contributed by atoms with Crippen LogP contribution in [-0.4, -0.2) is 47.3 Å². The van der Waals surface area contributed by atoms with Crippen molar-refractivity contribution in [3.05, 3.63) is 0 Å². The van der Waals surface area contributed by atoms with E-state index in [1.54, 1.807) is 0 Å². The van der Waals surface area contributed by atoms with Crippen molar-refractivity contribution in [3.8, 4) is 0 Å². The van der Waals surface area contributed by atoms with Gasteiger partial charge >= 0.3 is 123 Å². The van der Waals surface area contributed by atoms with Crippen LogP contribution in [0.4, 0.5) is 4.20 Å². The van der Waals surface area contributed by atoms with Gasteiger partial charge in [-0.05, 0) is 0 Å². The van der Waals surface area contributed by atoms with Gasteiger partial charge < -0.3 is 0 Å². The molecule has 5 heteroatoms. The van der Waals surface area contributed by atoms with E-state index in [9.17, 15) is 0 Å². The quantitative estimate of drug-likeness (QED) is 0.668. The van der Waals surface area contributed by atoms with E-state index in [0.29, 0.717) is 6.16 Å². The number of nitrogens with zero attached hydrogens (tertiary/aromatic N) is 2. The van der Waals surface area contributed by atoms with Crippen molar-refractivity contribution >= 4 is 7.44 Å². The minimum absolute atomic E-state index is 0.143. The molecule has 120 valence electrons. The van der Waals surface area contributed by atoms with Crippen LogP contribution in [0.15, 0.2) is 0 Å². The SMILES string of the molecule is CCN(CC)P1(F)(N(CC)CC)CC2(CCCCC2)O1. The van der Waals surface area contributed by atoms with Gasteiger partial charge in [0.1, 0.15) is 0 Å². The summed E-state index contributed by atoms with van der Waals surface area (Å²) in [7, 11) is -3.79. The zero-order chi connectivity index (χ0) is 14.9. The van der Waals surface area contributed by atoms with E-state index in [-0.39, 0.29) is 5.60 Å². The predicted octanol–water partition coefficient (Wildman–Crippen LogP) is 4.59. The van der Waals surface area contributed by atoms with Crippen LogP contribution in [0, 0.1) is 0 Å². The fraction of sp³-hybridized carbons (Fsp3) is 1.00. The molecule has 3 nitrogen and oxygen atoms in total. The molecule has 0 amide bonds. The Kier molecular flexibility index (Phi) is 4.81. The average Bonchev–Trinajstić information content (AvgIpc) is 2.40. The topological polar surface area (TPSA) is 15.7 Å². The van der Waals surface area contributed by atoms with Crippen LogP contribution < -0.4 is 0 Å². The van der Waals surface area contributed by atoms with Crippen molar-refractivity contribution in [3.63, 3.8) is 0 Å². The summed E-state index contributed by atoms with van der Waals surface area (Å²) < 4.78 is 26.8. The Morgan fingerprint density at radius 1 is 0.900 bits per heavy atom. The van der Waals surface area contributed by atoms with Crippen LogP contribution in [0.2, 0.25) is 0 Å². The molecule has 0 bridgehead atoms. The molecule has 2 rings (SSSR count). The van der Waals surface area contributed by atoms with Gasteiger partial charge in [0.25, 0.3) is 0 Å². The molecule has 0 N–H and O–H groups in total. The van der Waals surface area contributed by atoms with Gasteiger partial charge in [-0.15, -0.1) is 0 Å². The summed E-state index contributed by atoms with van der Waals surface area (Å²) in [5, 5.41) is 0. The molecule has 1 aliphatic heterocycles. The third-order valence-corrected chi connectivity index (χ3v) is 10.4. The van der Waals surface area contributed by atoms with Gasteiger partial charge in [0, 0.05) is 0 Å². The molecular formula is C15H32FN2OP. The van der Waals surface area contributed by atoms with Gasteiger partial charge in [-0.2, -0.15) is 0 Å². The monoisotopic (exact) mass is 306 g/mol. The van der Waals surface area contributed by atoms with Gasteiger partial charge in [0.15, 0.2) is 0 Å². The van der Waals surface area contributed by atoms with E-state index in [0.717, 1.165) is 39.0 Å². The summed E-state index contributed by atoms with van der Waals surface area (Å²) in [6.45, 7) is 11.1. The molecule has 1 spiro atoms. The maximum atomic E-state index is 16.4. The first-order valence-corrected chi connectivity index (χ1v) is 10.6. The maximum absolute atomic E-state index is 16.4. The van der Waals surface area contributed by atoms with Crippen molar-refractivity contribution in [2.45, 2.75) is 65.4 Å². The third-order valence-electron chi connectivity index (χ3n) is 5.25. The second-order valence-electron chi connectivity index (χ2n) is 6.28. The van der Waals surface area contributed by atoms with Crippen molar-refractivity contribution in [2.24, 2.45) is 0 Å². The molecule has 2 fully saturated rings. The van der Waals surface area contributed by atoms with Gasteiger partial charge in [-0.3, -0.25) is 0 Å². The second-order valence-corrected chi connectivity index (χ2v) is 9.91. The summed E-state index contributed by atoms with van der Waals surface area (Å²) >= 11 is 0. The summed E-state index contributed by atoms with van der Waals surface area (Å²) in [4.78, 5) is 0. The summed E-state index contributed by atoms with van der Waals surface area (Å²) in [5.74, 6) is 0. The van der Waals surface area contributed by atoms with E-state index < -0.39 is 7.44 Å². The summed E-state index contributed by atoms with van der Waals surface area (Å²) in [6, 6.07) is 0. The fourth-order valence-electron chi connectivity index (χ4n) is 4.34. The first kappa shape index (κ1) is 16.6. The number of rotatable bonds is 6. The predicted molar refractivity (Wildman–Crippen MR) is 85.6 cm³/mol. The molecule has 0 atom stereocenters. The van der Waals surface area contributed by atoms with E-state index in [1.165, 1.54) is 19.3 Å². The Morgan fingerprint density at radius 3 is 1.65 bits per heavy atom. The zero-order valence-corrected chi connectivity index (χ0v) is 14.6. The molecule has 20 heavy (non-hydrogen) atoms.